The van der Waals surface area contributed by atoms with Crippen molar-refractivity contribution in [1.29, 1.82) is 0 Å². The molecule has 0 aliphatic rings. The summed E-state index contributed by atoms with van der Waals surface area (Å²) in [5, 5.41) is 16.2. The van der Waals surface area contributed by atoms with E-state index in [2.05, 4.69) is 5.10 Å². The molecule has 1 aromatic carbocycles. The zero-order valence-corrected chi connectivity index (χ0v) is 10.3. The van der Waals surface area contributed by atoms with Gasteiger partial charge in [0, 0.05) is 24.7 Å². The number of benzene rings is 1. The van der Waals surface area contributed by atoms with Crippen molar-refractivity contribution in [3.63, 3.8) is 0 Å². The van der Waals surface area contributed by atoms with Gasteiger partial charge in [0.25, 0.3) is 0 Å². The molecule has 3 nitrogen and oxygen atoms in total. The maximum absolute atomic E-state index is 9.72. The average molecular weight is 247 g/mol. The van der Waals surface area contributed by atoms with Crippen molar-refractivity contribution in [2.45, 2.75) is 6.92 Å². The van der Waals surface area contributed by atoms with Crippen molar-refractivity contribution < 1.29 is 5.11 Å². The summed E-state index contributed by atoms with van der Waals surface area (Å²) < 4.78 is 0. The molecule has 0 heterocycles. The number of phenols is 1. The van der Waals surface area contributed by atoms with Crippen LogP contribution in [0.5, 0.6) is 5.75 Å². The molecule has 0 unspecified atom stereocenters. The number of phenolic OH excluding ortho intramolecular Hbond substituents is 1. The molecule has 82 valence electrons. The van der Waals surface area contributed by atoms with Crippen LogP contribution in [0.25, 0.3) is 0 Å². The molecule has 0 aliphatic heterocycles. The molecule has 5 heteroatoms. The minimum absolute atomic E-state index is 0.00386. The van der Waals surface area contributed by atoms with Gasteiger partial charge in [0.15, 0.2) is 0 Å². The fourth-order valence-corrected chi connectivity index (χ4v) is 1.69. The number of aromatic hydroxyl groups is 1. The fraction of sp³-hybridized carbons (Fsp3) is 0.300. The van der Waals surface area contributed by atoms with Crippen molar-refractivity contribution in [2.24, 2.45) is 5.10 Å². The third-order valence-corrected chi connectivity index (χ3v) is 2.27. The molecule has 0 amide bonds. The molecule has 0 saturated carbocycles. The van der Waals surface area contributed by atoms with E-state index in [1.165, 1.54) is 6.07 Å². The molecule has 0 spiro atoms. The van der Waals surface area contributed by atoms with E-state index in [-0.39, 0.29) is 10.8 Å². The molecule has 15 heavy (non-hydrogen) atoms. The number of nitrogens with zero attached hydrogens (tertiary/aromatic N) is 2. The quantitative estimate of drug-likeness (QED) is 0.644. The number of halogens is 2. The van der Waals surface area contributed by atoms with Gasteiger partial charge in [0.05, 0.1) is 10.7 Å². The first-order valence-corrected chi connectivity index (χ1v) is 5.08. The van der Waals surface area contributed by atoms with Crippen LogP contribution in [-0.2, 0) is 0 Å². The molecule has 0 atom stereocenters. The van der Waals surface area contributed by atoms with Crippen LogP contribution in [0.3, 0.4) is 0 Å². The lowest BCUT2D eigenvalue weighted by Crippen LogP contribution is -2.07. The molecule has 1 N–H and O–H groups in total. The Labute approximate surface area is 98.9 Å². The lowest BCUT2D eigenvalue weighted by atomic mass is 10.1. The predicted molar refractivity (Wildman–Crippen MR) is 64.0 cm³/mol. The summed E-state index contributed by atoms with van der Waals surface area (Å²) in [6.07, 6.45) is 0. The first-order valence-electron chi connectivity index (χ1n) is 4.32. The molecular weight excluding hydrogens is 235 g/mol. The second-order valence-corrected chi connectivity index (χ2v) is 4.16. The number of hydrogen-bond acceptors (Lipinski definition) is 3. The molecule has 0 saturated heterocycles. The Balaban J connectivity index is 3.25. The molecule has 0 aliphatic carbocycles. The van der Waals surface area contributed by atoms with Crippen LogP contribution in [-0.4, -0.2) is 29.9 Å². The largest absolute Gasteiger partial charge is 0.506 e. The van der Waals surface area contributed by atoms with Gasteiger partial charge < -0.3 is 10.1 Å². The third kappa shape index (κ3) is 3.01. The van der Waals surface area contributed by atoms with Gasteiger partial charge in [-0.2, -0.15) is 5.10 Å². The first kappa shape index (κ1) is 12.1. The van der Waals surface area contributed by atoms with Crippen LogP contribution in [0.2, 0.25) is 10.0 Å². The van der Waals surface area contributed by atoms with Crippen LogP contribution in [0.1, 0.15) is 12.5 Å². The Bertz CT molecular complexity index is 403. The molecule has 0 fully saturated rings. The summed E-state index contributed by atoms with van der Waals surface area (Å²) in [4.78, 5) is 0. The second kappa shape index (κ2) is 4.73. The van der Waals surface area contributed by atoms with Gasteiger partial charge in [0.2, 0.25) is 0 Å². The van der Waals surface area contributed by atoms with E-state index in [4.69, 9.17) is 23.2 Å². The highest BCUT2D eigenvalue weighted by molar-refractivity contribution is 6.36. The van der Waals surface area contributed by atoms with Crippen LogP contribution < -0.4 is 0 Å². The summed E-state index contributed by atoms with van der Waals surface area (Å²) in [7, 11) is 3.60. The molecule has 0 radical (unpaired) electrons. The summed E-state index contributed by atoms with van der Waals surface area (Å²) in [6, 6.07) is 3.12. The van der Waals surface area contributed by atoms with Crippen molar-refractivity contribution >= 4 is 28.9 Å². The summed E-state index contributed by atoms with van der Waals surface area (Å²) in [5.41, 5.74) is 1.20. The van der Waals surface area contributed by atoms with Gasteiger partial charge >= 0.3 is 0 Å². The average Bonchev–Trinajstić information content (AvgIpc) is 2.09. The van der Waals surface area contributed by atoms with Gasteiger partial charge in [-0.1, -0.05) is 23.2 Å². The van der Waals surface area contributed by atoms with E-state index in [9.17, 15) is 5.11 Å². The van der Waals surface area contributed by atoms with Crippen LogP contribution in [0, 0.1) is 0 Å². The normalized spacial score (nSPS) is 11.7. The number of hydrazone groups is 1. The Morgan fingerprint density at radius 2 is 1.93 bits per heavy atom. The van der Waals surface area contributed by atoms with Crippen LogP contribution in [0.4, 0.5) is 0 Å². The zero-order chi connectivity index (χ0) is 11.6. The number of rotatable bonds is 2. The smallest absolute Gasteiger partial charge is 0.143 e. The monoisotopic (exact) mass is 246 g/mol. The molecular formula is C10H12Cl2N2O. The molecule has 0 bridgehead atoms. The van der Waals surface area contributed by atoms with E-state index < -0.39 is 0 Å². The van der Waals surface area contributed by atoms with Crippen molar-refractivity contribution in [3.8, 4) is 5.75 Å². The van der Waals surface area contributed by atoms with E-state index in [0.29, 0.717) is 16.3 Å². The van der Waals surface area contributed by atoms with Crippen LogP contribution >= 0.6 is 23.2 Å². The zero-order valence-electron chi connectivity index (χ0n) is 8.75. The maximum atomic E-state index is 9.72. The minimum Gasteiger partial charge on any atom is -0.506 e. The fourth-order valence-electron chi connectivity index (χ4n) is 1.20. The molecule has 0 aromatic heterocycles. The van der Waals surface area contributed by atoms with Gasteiger partial charge in [-0.25, -0.2) is 0 Å². The van der Waals surface area contributed by atoms with Crippen molar-refractivity contribution in [3.05, 3.63) is 27.7 Å². The lowest BCUT2D eigenvalue weighted by Gasteiger charge is -2.10. The van der Waals surface area contributed by atoms with E-state index >= 15 is 0 Å². The maximum Gasteiger partial charge on any atom is 0.143 e. The third-order valence-electron chi connectivity index (χ3n) is 1.77. The highest BCUT2D eigenvalue weighted by atomic mass is 35.5. The Kier molecular flexibility index (Phi) is 3.83. The number of hydrogen-bond donors (Lipinski definition) is 1. The highest BCUT2D eigenvalue weighted by Gasteiger charge is 2.10. The molecule has 1 rings (SSSR count). The summed E-state index contributed by atoms with van der Waals surface area (Å²) >= 11 is 11.6. The minimum atomic E-state index is 0.00386. The Hall–Kier alpha value is -0.930. The summed E-state index contributed by atoms with van der Waals surface area (Å²) in [6.45, 7) is 1.78. The molecule has 1 aromatic rings. The Morgan fingerprint density at radius 3 is 2.47 bits per heavy atom. The SMILES string of the molecule is C/C(=N/N(C)C)c1cc(Cl)cc(Cl)c1O. The summed E-state index contributed by atoms with van der Waals surface area (Å²) in [5.74, 6) is 0.00386. The predicted octanol–water partition coefficient (Wildman–Crippen LogP) is 2.98. The van der Waals surface area contributed by atoms with Crippen molar-refractivity contribution in [1.82, 2.24) is 5.01 Å². The second-order valence-electron chi connectivity index (χ2n) is 3.32. The van der Waals surface area contributed by atoms with E-state index in [1.807, 2.05) is 0 Å². The van der Waals surface area contributed by atoms with Gasteiger partial charge in [0.1, 0.15) is 5.75 Å². The first-order chi connectivity index (χ1) is 6.91. The van der Waals surface area contributed by atoms with Gasteiger partial charge in [-0.05, 0) is 19.1 Å². The highest BCUT2D eigenvalue weighted by Crippen LogP contribution is 2.31. The lowest BCUT2D eigenvalue weighted by molar-refractivity contribution is 0.436. The van der Waals surface area contributed by atoms with Crippen molar-refractivity contribution in [2.75, 3.05) is 14.1 Å². The van der Waals surface area contributed by atoms with E-state index in [1.54, 1.807) is 32.1 Å². The van der Waals surface area contributed by atoms with E-state index in [0.717, 1.165) is 0 Å². The van der Waals surface area contributed by atoms with Gasteiger partial charge in [-0.15, -0.1) is 0 Å². The standard InChI is InChI=1S/C10H12Cl2N2O/c1-6(13-14(2)3)8-4-7(11)5-9(12)10(8)15/h4-5,15H,1-3H3/b13-6-. The Morgan fingerprint density at radius 1 is 1.33 bits per heavy atom. The van der Waals surface area contributed by atoms with Crippen LogP contribution in [0.15, 0.2) is 17.2 Å². The van der Waals surface area contributed by atoms with Gasteiger partial charge in [-0.3, -0.25) is 0 Å². The topological polar surface area (TPSA) is 35.8 Å².